The summed E-state index contributed by atoms with van der Waals surface area (Å²) in [6.07, 6.45) is 0.657. The van der Waals surface area contributed by atoms with Crippen molar-refractivity contribution in [3.8, 4) is 0 Å². The first-order valence-corrected chi connectivity index (χ1v) is 10.8. The first kappa shape index (κ1) is 20.4. The van der Waals surface area contributed by atoms with E-state index in [2.05, 4.69) is 25.4 Å². The largest absolute Gasteiger partial charge is 0.339 e. The highest BCUT2D eigenvalue weighted by molar-refractivity contribution is 7.98. The molecule has 0 saturated carbocycles. The van der Waals surface area contributed by atoms with Gasteiger partial charge in [0.1, 0.15) is 0 Å². The van der Waals surface area contributed by atoms with E-state index in [1.807, 2.05) is 44.2 Å². The third-order valence-corrected chi connectivity index (χ3v) is 5.60. The minimum Gasteiger partial charge on any atom is -0.339 e. The summed E-state index contributed by atoms with van der Waals surface area (Å²) in [7, 11) is 0. The van der Waals surface area contributed by atoms with Crippen molar-refractivity contribution in [1.82, 2.24) is 20.1 Å². The van der Waals surface area contributed by atoms with Crippen LogP contribution in [0.1, 0.15) is 29.3 Å². The molecule has 30 heavy (non-hydrogen) atoms. The Labute approximate surface area is 182 Å². The van der Waals surface area contributed by atoms with Gasteiger partial charge in [-0.15, -0.1) is 0 Å². The number of anilines is 1. The summed E-state index contributed by atoms with van der Waals surface area (Å²) in [4.78, 5) is 24.3. The van der Waals surface area contributed by atoms with Gasteiger partial charge < -0.3 is 14.8 Å². The molecule has 2 N–H and O–H groups in total. The zero-order chi connectivity index (χ0) is 21.1. The van der Waals surface area contributed by atoms with E-state index in [9.17, 15) is 4.79 Å². The fraction of sp³-hybridized carbons (Fsp3) is 0.238. The second kappa shape index (κ2) is 8.89. The van der Waals surface area contributed by atoms with E-state index >= 15 is 0 Å². The number of nitrogens with one attached hydrogen (secondary N) is 2. The predicted octanol–water partition coefficient (Wildman–Crippen LogP) is 5.08. The number of benzene rings is 2. The normalized spacial score (nSPS) is 11.2. The molecule has 0 fully saturated rings. The van der Waals surface area contributed by atoms with Crippen molar-refractivity contribution in [2.75, 3.05) is 5.32 Å². The summed E-state index contributed by atoms with van der Waals surface area (Å²) < 4.78 is 5.27. The summed E-state index contributed by atoms with van der Waals surface area (Å²) in [5, 5.41) is 8.32. The molecule has 7 nitrogen and oxygen atoms in total. The number of hydrogen-bond acceptors (Lipinski definition) is 6. The molecule has 0 radical (unpaired) electrons. The number of aromatic amines is 1. The monoisotopic (exact) mass is 441 g/mol. The first-order valence-electron chi connectivity index (χ1n) is 9.43. The number of thioether (sulfide) groups is 1. The van der Waals surface area contributed by atoms with Crippen molar-refractivity contribution in [2.45, 2.75) is 37.6 Å². The SMILES string of the molecule is Cc1ccc(NC(=O)CCc2nc(CSc3nc4ccc(Cl)cc4[nH]3)no2)c(C)c1. The summed E-state index contributed by atoms with van der Waals surface area (Å²) in [5.74, 6) is 1.42. The molecule has 154 valence electrons. The first-order chi connectivity index (χ1) is 14.5. The Morgan fingerprint density at radius 2 is 2.07 bits per heavy atom. The molecule has 0 unspecified atom stereocenters. The third-order valence-electron chi connectivity index (χ3n) is 4.49. The lowest BCUT2D eigenvalue weighted by Crippen LogP contribution is -2.13. The van der Waals surface area contributed by atoms with Gasteiger partial charge in [0.05, 0.1) is 16.8 Å². The van der Waals surface area contributed by atoms with Gasteiger partial charge in [0.25, 0.3) is 0 Å². The van der Waals surface area contributed by atoms with Crippen LogP contribution in [0.4, 0.5) is 5.69 Å². The molecular formula is C21H20ClN5O2S. The fourth-order valence-corrected chi connectivity index (χ4v) is 3.90. The smallest absolute Gasteiger partial charge is 0.227 e. The van der Waals surface area contributed by atoms with Crippen molar-refractivity contribution < 1.29 is 9.32 Å². The number of carbonyl (C=O) groups is 1. The Hall–Kier alpha value is -2.84. The molecule has 4 aromatic rings. The van der Waals surface area contributed by atoms with E-state index < -0.39 is 0 Å². The maximum atomic E-state index is 12.2. The van der Waals surface area contributed by atoms with Crippen LogP contribution in [0.3, 0.4) is 0 Å². The average molecular weight is 442 g/mol. The van der Waals surface area contributed by atoms with Crippen molar-refractivity contribution in [3.05, 3.63) is 64.3 Å². The molecule has 2 aromatic heterocycles. The molecule has 0 bridgehead atoms. The van der Waals surface area contributed by atoms with Crippen LogP contribution in [0, 0.1) is 13.8 Å². The number of hydrogen-bond donors (Lipinski definition) is 2. The second-order valence-electron chi connectivity index (χ2n) is 6.96. The molecule has 0 spiro atoms. The van der Waals surface area contributed by atoms with Crippen molar-refractivity contribution >= 4 is 46.0 Å². The van der Waals surface area contributed by atoms with Crippen LogP contribution in [0.25, 0.3) is 11.0 Å². The molecule has 2 aromatic carbocycles. The highest BCUT2D eigenvalue weighted by atomic mass is 35.5. The summed E-state index contributed by atoms with van der Waals surface area (Å²) in [5.41, 5.74) is 4.75. The molecule has 0 atom stereocenters. The Kier molecular flexibility index (Phi) is 6.06. The Morgan fingerprint density at radius 3 is 2.90 bits per heavy atom. The molecule has 0 aliphatic rings. The van der Waals surface area contributed by atoms with Crippen LogP contribution in [0.2, 0.25) is 5.02 Å². The van der Waals surface area contributed by atoms with Gasteiger partial charge in [-0.25, -0.2) is 4.98 Å². The second-order valence-corrected chi connectivity index (χ2v) is 8.36. The number of amides is 1. The van der Waals surface area contributed by atoms with Gasteiger partial charge in [-0.1, -0.05) is 46.2 Å². The van der Waals surface area contributed by atoms with Gasteiger partial charge in [0.2, 0.25) is 11.8 Å². The number of H-pyrrole nitrogens is 1. The standard InChI is InChI=1S/C21H20ClN5O2S/c1-12-3-5-15(13(2)9-12)23-19(28)7-8-20-26-18(27-29-20)11-30-21-24-16-6-4-14(22)10-17(16)25-21/h3-6,9-10H,7-8,11H2,1-2H3,(H,23,28)(H,24,25). The highest BCUT2D eigenvalue weighted by Crippen LogP contribution is 2.24. The van der Waals surface area contributed by atoms with Crippen LogP contribution >= 0.6 is 23.4 Å². The van der Waals surface area contributed by atoms with Gasteiger partial charge in [0, 0.05) is 23.6 Å². The molecule has 0 saturated heterocycles. The van der Waals surface area contributed by atoms with Gasteiger partial charge in [-0.05, 0) is 43.7 Å². The minimum absolute atomic E-state index is 0.0861. The molecular weight excluding hydrogens is 422 g/mol. The maximum Gasteiger partial charge on any atom is 0.227 e. The van der Waals surface area contributed by atoms with Gasteiger partial charge in [0.15, 0.2) is 11.0 Å². The molecule has 0 aliphatic heterocycles. The number of aromatic nitrogens is 4. The van der Waals surface area contributed by atoms with Crippen molar-refractivity contribution in [2.24, 2.45) is 0 Å². The number of fused-ring (bicyclic) bond motifs is 1. The minimum atomic E-state index is -0.0861. The number of carbonyl (C=O) groups excluding carboxylic acids is 1. The zero-order valence-electron chi connectivity index (χ0n) is 16.5. The predicted molar refractivity (Wildman–Crippen MR) is 118 cm³/mol. The highest BCUT2D eigenvalue weighted by Gasteiger charge is 2.12. The topological polar surface area (TPSA) is 96.7 Å². The lowest BCUT2D eigenvalue weighted by atomic mass is 10.1. The summed E-state index contributed by atoms with van der Waals surface area (Å²) in [6.45, 7) is 4.00. The van der Waals surface area contributed by atoms with E-state index in [1.165, 1.54) is 11.8 Å². The molecule has 9 heteroatoms. The molecule has 4 rings (SSSR count). The molecule has 2 heterocycles. The van der Waals surface area contributed by atoms with Crippen molar-refractivity contribution in [3.63, 3.8) is 0 Å². The zero-order valence-corrected chi connectivity index (χ0v) is 18.1. The number of imidazole rings is 1. The fourth-order valence-electron chi connectivity index (χ4n) is 3.00. The van der Waals surface area contributed by atoms with Crippen LogP contribution < -0.4 is 5.32 Å². The van der Waals surface area contributed by atoms with Gasteiger partial charge >= 0.3 is 0 Å². The van der Waals surface area contributed by atoms with E-state index in [-0.39, 0.29) is 12.3 Å². The lowest BCUT2D eigenvalue weighted by Gasteiger charge is -2.08. The van der Waals surface area contributed by atoms with Crippen LogP contribution in [0.5, 0.6) is 0 Å². The number of aryl methyl sites for hydroxylation is 3. The Morgan fingerprint density at radius 1 is 1.20 bits per heavy atom. The third kappa shape index (κ3) is 5.01. The number of nitrogens with zero attached hydrogens (tertiary/aromatic N) is 3. The Balaban J connectivity index is 1.28. The van der Waals surface area contributed by atoms with Crippen LogP contribution in [-0.2, 0) is 17.0 Å². The quantitative estimate of drug-likeness (QED) is 0.388. The molecule has 1 amide bonds. The van der Waals surface area contributed by atoms with Crippen molar-refractivity contribution in [1.29, 1.82) is 0 Å². The Bertz CT molecular complexity index is 1200. The van der Waals surface area contributed by atoms with Gasteiger partial charge in [-0.3, -0.25) is 4.79 Å². The van der Waals surface area contributed by atoms with Gasteiger partial charge in [-0.2, -0.15) is 4.98 Å². The molecule has 0 aliphatic carbocycles. The summed E-state index contributed by atoms with van der Waals surface area (Å²) >= 11 is 7.47. The lowest BCUT2D eigenvalue weighted by molar-refractivity contribution is -0.116. The van der Waals surface area contributed by atoms with E-state index in [1.54, 1.807) is 6.07 Å². The summed E-state index contributed by atoms with van der Waals surface area (Å²) in [6, 6.07) is 11.4. The number of rotatable bonds is 7. The van der Waals surface area contributed by atoms with Crippen LogP contribution in [0.15, 0.2) is 46.1 Å². The van der Waals surface area contributed by atoms with E-state index in [0.29, 0.717) is 28.9 Å². The van der Waals surface area contributed by atoms with Crippen LogP contribution in [-0.4, -0.2) is 26.0 Å². The maximum absolute atomic E-state index is 12.2. The number of halogens is 1. The van der Waals surface area contributed by atoms with E-state index in [0.717, 1.165) is 33.0 Å². The van der Waals surface area contributed by atoms with E-state index in [4.69, 9.17) is 16.1 Å². The average Bonchev–Trinajstić information content (AvgIpc) is 3.33.